The SMILES string of the molecule is CC1(C)c2cc(-c3ccccc3)ccc2-c2ccc(-c3ccc(-c4nc(-c5ccccc5)nc(-c5ccccc5)n4)c4ccccc34)cc2C1(C)C.CC1(C)c2cc(-c3ccccc3)ccc2-c2ccc(-c3cccc(-c4nc(-c5ccccc5)nc(-c5ccccc5)n4)c3)cc2C1(C)C. The lowest BCUT2D eigenvalue weighted by Gasteiger charge is -2.48. The number of benzene rings is 13. The topological polar surface area (TPSA) is 77.3 Å². The summed E-state index contributed by atoms with van der Waals surface area (Å²) >= 11 is 0. The zero-order valence-electron chi connectivity index (χ0n) is 57.7. The van der Waals surface area contributed by atoms with Crippen molar-refractivity contribution in [1.29, 1.82) is 0 Å². The van der Waals surface area contributed by atoms with E-state index in [4.69, 9.17) is 29.9 Å². The second kappa shape index (κ2) is 25.2. The average molecular weight is 1290 g/mol. The Labute approximate surface area is 587 Å². The van der Waals surface area contributed by atoms with E-state index in [2.05, 4.69) is 274 Å². The molecule has 0 atom stereocenters. The van der Waals surface area contributed by atoms with Crippen molar-refractivity contribution in [2.24, 2.45) is 0 Å². The van der Waals surface area contributed by atoms with Crippen molar-refractivity contribution in [2.45, 2.75) is 77.0 Å². The number of fused-ring (bicyclic) bond motifs is 7. The second-order valence-corrected chi connectivity index (χ2v) is 28.6. The molecule has 0 unspecified atom stereocenters. The van der Waals surface area contributed by atoms with Gasteiger partial charge in [-0.25, -0.2) is 29.9 Å². The number of nitrogens with zero attached hydrogens (tertiary/aromatic N) is 6. The fourth-order valence-corrected chi connectivity index (χ4v) is 14.9. The second-order valence-electron chi connectivity index (χ2n) is 28.6. The number of hydrogen-bond donors (Lipinski definition) is 0. The summed E-state index contributed by atoms with van der Waals surface area (Å²) in [4.78, 5) is 29.9. The van der Waals surface area contributed by atoms with Crippen LogP contribution >= 0.6 is 0 Å². The van der Waals surface area contributed by atoms with Gasteiger partial charge in [-0.05, 0) is 158 Å². The van der Waals surface area contributed by atoms with Gasteiger partial charge >= 0.3 is 0 Å². The van der Waals surface area contributed by atoms with Crippen molar-refractivity contribution in [2.75, 3.05) is 0 Å². The highest BCUT2D eigenvalue weighted by Crippen LogP contribution is 2.57. The smallest absolute Gasteiger partial charge is 0.164 e. The average Bonchev–Trinajstić information content (AvgIpc) is 0.714. The predicted octanol–water partition coefficient (Wildman–Crippen LogP) is 24.0. The summed E-state index contributed by atoms with van der Waals surface area (Å²) in [5.41, 5.74) is 25.9. The van der Waals surface area contributed by atoms with Gasteiger partial charge < -0.3 is 0 Å². The summed E-state index contributed by atoms with van der Waals surface area (Å²) < 4.78 is 0. The van der Waals surface area contributed by atoms with E-state index in [0.717, 1.165) is 44.3 Å². The number of aromatic nitrogens is 6. The number of hydrogen-bond acceptors (Lipinski definition) is 6. The molecule has 17 rings (SSSR count). The summed E-state index contributed by atoms with van der Waals surface area (Å²) in [5, 5.41) is 2.28. The van der Waals surface area contributed by atoms with Gasteiger partial charge in [0.25, 0.3) is 0 Å². The Morgan fingerprint density at radius 1 is 0.160 bits per heavy atom. The molecular weight excluding hydrogens is 1210 g/mol. The summed E-state index contributed by atoms with van der Waals surface area (Å²) in [7, 11) is 0. The first-order chi connectivity index (χ1) is 48.6. The standard InChI is InChI=1S/C49H39N3.C45H37N3/c1-48(2)43-30-35(32-16-8-5-9-17-32)24-26-40(43)41-27-25-36(31-44(41)49(48,3)4)37-28-29-42(39-23-15-14-22-38(37)39)47-51-45(33-18-10-6-11-19-33)50-46(52-47)34-20-12-7-13-21-34;1-44(2)39-28-34(30-15-8-5-9-16-30)23-25-37(39)38-26-24-35(29-40(38)45(44,3)4)33-21-14-22-36(27-33)43-47-41(31-17-10-6-11-18-31)46-42(48-43)32-19-12-7-13-20-32/h5-31H,1-4H3;5-29H,1-4H3. The zero-order valence-corrected chi connectivity index (χ0v) is 57.7. The third kappa shape index (κ3) is 11.2. The molecule has 0 radical (unpaired) electrons. The van der Waals surface area contributed by atoms with Crippen molar-refractivity contribution in [3.8, 4) is 135 Å². The van der Waals surface area contributed by atoms with E-state index < -0.39 is 0 Å². The van der Waals surface area contributed by atoms with Crippen LogP contribution in [0, 0.1) is 0 Å². The Morgan fingerprint density at radius 3 is 0.750 bits per heavy atom. The fraction of sp³-hybridized carbons (Fsp3) is 0.128. The highest BCUT2D eigenvalue weighted by molar-refractivity contribution is 6.05. The quantitative estimate of drug-likeness (QED) is 0.136. The largest absolute Gasteiger partial charge is 0.208 e. The molecule has 0 N–H and O–H groups in total. The molecule has 6 nitrogen and oxygen atoms in total. The molecule has 0 saturated carbocycles. The Morgan fingerprint density at radius 2 is 0.390 bits per heavy atom. The third-order valence-electron chi connectivity index (χ3n) is 22.0. The van der Waals surface area contributed by atoms with Gasteiger partial charge in [0.15, 0.2) is 34.9 Å². The van der Waals surface area contributed by atoms with E-state index in [9.17, 15) is 0 Å². The van der Waals surface area contributed by atoms with Crippen LogP contribution < -0.4 is 0 Å². The summed E-state index contributed by atoms with van der Waals surface area (Å²) in [5.74, 6) is 3.97. The van der Waals surface area contributed by atoms with E-state index in [-0.39, 0.29) is 21.7 Å². The molecule has 13 aromatic carbocycles. The van der Waals surface area contributed by atoms with Crippen LogP contribution in [0.25, 0.3) is 146 Å². The Hall–Kier alpha value is -11.9. The summed E-state index contributed by atoms with van der Waals surface area (Å²) in [6.07, 6.45) is 0. The van der Waals surface area contributed by atoms with E-state index in [1.165, 1.54) is 88.8 Å². The van der Waals surface area contributed by atoms with Crippen molar-refractivity contribution in [3.05, 3.63) is 338 Å². The molecule has 0 saturated heterocycles. The lowest BCUT2D eigenvalue weighted by Crippen LogP contribution is -2.43. The lowest BCUT2D eigenvalue weighted by molar-refractivity contribution is 0.299. The zero-order chi connectivity index (χ0) is 68.3. The molecule has 2 aliphatic rings. The van der Waals surface area contributed by atoms with Gasteiger partial charge in [-0.2, -0.15) is 0 Å². The maximum Gasteiger partial charge on any atom is 0.164 e. The molecule has 2 heterocycles. The molecular formula is C94H76N6. The van der Waals surface area contributed by atoms with Crippen molar-refractivity contribution in [1.82, 2.24) is 29.9 Å². The Balaban J connectivity index is 0.000000156. The maximum absolute atomic E-state index is 5.07. The van der Waals surface area contributed by atoms with Gasteiger partial charge in [-0.1, -0.05) is 334 Å². The molecule has 0 amide bonds. The fourth-order valence-electron chi connectivity index (χ4n) is 14.9. The van der Waals surface area contributed by atoms with Crippen LogP contribution in [0.3, 0.4) is 0 Å². The van der Waals surface area contributed by atoms with Gasteiger partial charge in [-0.3, -0.25) is 0 Å². The summed E-state index contributed by atoms with van der Waals surface area (Å²) in [6.45, 7) is 19.2. The van der Waals surface area contributed by atoms with Crippen molar-refractivity contribution in [3.63, 3.8) is 0 Å². The molecule has 6 heteroatoms. The molecule has 482 valence electrons. The van der Waals surface area contributed by atoms with Crippen LogP contribution in [0.5, 0.6) is 0 Å². The normalized spacial score (nSPS) is 14.1. The van der Waals surface area contributed by atoms with Gasteiger partial charge in [0.1, 0.15) is 0 Å². The molecule has 0 spiro atoms. The van der Waals surface area contributed by atoms with Crippen LogP contribution in [0.15, 0.2) is 315 Å². The minimum absolute atomic E-state index is 0.0901. The molecule has 0 bridgehead atoms. The van der Waals surface area contributed by atoms with E-state index in [1.54, 1.807) is 0 Å². The van der Waals surface area contributed by atoms with Gasteiger partial charge in [0.05, 0.1) is 0 Å². The van der Waals surface area contributed by atoms with E-state index in [0.29, 0.717) is 34.9 Å². The molecule has 0 fully saturated rings. The van der Waals surface area contributed by atoms with Crippen LogP contribution in [0.2, 0.25) is 0 Å². The van der Waals surface area contributed by atoms with Gasteiger partial charge in [0, 0.05) is 33.4 Å². The first kappa shape index (κ1) is 62.9. The minimum Gasteiger partial charge on any atom is -0.208 e. The first-order valence-corrected chi connectivity index (χ1v) is 34.7. The Bertz CT molecular complexity index is 5460. The molecule has 15 aromatic rings. The van der Waals surface area contributed by atoms with Gasteiger partial charge in [0.2, 0.25) is 0 Å². The van der Waals surface area contributed by atoms with Crippen molar-refractivity contribution < 1.29 is 0 Å². The van der Waals surface area contributed by atoms with Crippen LogP contribution in [-0.4, -0.2) is 29.9 Å². The highest BCUT2D eigenvalue weighted by Gasteiger charge is 2.47. The Kier molecular flexibility index (Phi) is 15.9. The lowest BCUT2D eigenvalue weighted by atomic mass is 9.55. The van der Waals surface area contributed by atoms with Gasteiger partial charge in [-0.15, -0.1) is 0 Å². The molecule has 2 aromatic heterocycles. The first-order valence-electron chi connectivity index (χ1n) is 34.7. The number of rotatable bonds is 10. The van der Waals surface area contributed by atoms with E-state index >= 15 is 0 Å². The third-order valence-corrected chi connectivity index (χ3v) is 22.0. The van der Waals surface area contributed by atoms with Crippen molar-refractivity contribution >= 4 is 10.8 Å². The highest BCUT2D eigenvalue weighted by atomic mass is 15.0. The van der Waals surface area contributed by atoms with Crippen LogP contribution in [0.1, 0.15) is 77.6 Å². The summed E-state index contributed by atoms with van der Waals surface area (Å²) in [6, 6.07) is 112. The van der Waals surface area contributed by atoms with E-state index in [1.807, 2.05) is 97.1 Å². The molecule has 0 aliphatic heterocycles. The predicted molar refractivity (Wildman–Crippen MR) is 414 cm³/mol. The minimum atomic E-state index is -0.122. The maximum atomic E-state index is 5.07. The van der Waals surface area contributed by atoms with Crippen LogP contribution in [-0.2, 0) is 21.7 Å². The molecule has 100 heavy (non-hydrogen) atoms. The van der Waals surface area contributed by atoms with Crippen LogP contribution in [0.4, 0.5) is 0 Å². The monoisotopic (exact) mass is 1290 g/mol. The molecule has 2 aliphatic carbocycles.